The van der Waals surface area contributed by atoms with Crippen LogP contribution in [0, 0.1) is 0 Å². The lowest BCUT2D eigenvalue weighted by atomic mass is 10.0. The molecule has 2 fully saturated rings. The van der Waals surface area contributed by atoms with Crippen molar-refractivity contribution in [2.24, 2.45) is 0 Å². The first-order chi connectivity index (χ1) is 18.2. The Balaban J connectivity index is 1.34. The third-order valence-electron chi connectivity index (χ3n) is 6.51. The molecule has 12 heteroatoms. The number of carboxylic acids is 1. The van der Waals surface area contributed by atoms with Gasteiger partial charge in [-0.05, 0) is 36.9 Å². The average Bonchev–Trinajstić information content (AvgIpc) is 3.39. The van der Waals surface area contributed by atoms with E-state index >= 15 is 0 Å². The van der Waals surface area contributed by atoms with E-state index in [-0.39, 0.29) is 25.7 Å². The van der Waals surface area contributed by atoms with Crippen LogP contribution in [0.15, 0.2) is 42.5 Å². The van der Waals surface area contributed by atoms with Gasteiger partial charge in [0.15, 0.2) is 12.2 Å². The number of ether oxygens (including phenoxy) is 3. The van der Waals surface area contributed by atoms with Crippen LogP contribution in [-0.4, -0.2) is 91.0 Å². The molecule has 0 radical (unpaired) electrons. The Bertz CT molecular complexity index is 1140. The number of nitrogens with zero attached hydrogens (tertiary/aromatic N) is 2. The van der Waals surface area contributed by atoms with Gasteiger partial charge in [-0.2, -0.15) is 0 Å². The van der Waals surface area contributed by atoms with Crippen LogP contribution in [0.25, 0.3) is 0 Å². The summed E-state index contributed by atoms with van der Waals surface area (Å²) in [6.45, 7) is 2.42. The second-order valence-electron chi connectivity index (χ2n) is 9.16. The fourth-order valence-corrected chi connectivity index (χ4v) is 4.73. The van der Waals surface area contributed by atoms with Crippen LogP contribution in [0.2, 0.25) is 10.0 Å². The van der Waals surface area contributed by atoms with Crippen molar-refractivity contribution in [1.82, 2.24) is 15.1 Å². The molecule has 2 amide bonds. The summed E-state index contributed by atoms with van der Waals surface area (Å²) >= 11 is 12.3. The number of carbonyl (C=O) groups is 3. The minimum atomic E-state index is -1.24. The van der Waals surface area contributed by atoms with Crippen molar-refractivity contribution < 1.29 is 33.7 Å². The molecule has 10 nitrogen and oxygen atoms in total. The van der Waals surface area contributed by atoms with E-state index in [0.717, 1.165) is 13.1 Å². The number of halogens is 2. The van der Waals surface area contributed by atoms with Gasteiger partial charge in [-0.15, -0.1) is 0 Å². The number of aliphatic carboxylic acids is 1. The molecule has 2 aromatic rings. The third kappa shape index (κ3) is 6.95. The first-order valence-corrected chi connectivity index (χ1v) is 12.9. The Morgan fingerprint density at radius 3 is 2.29 bits per heavy atom. The lowest BCUT2D eigenvalue weighted by Gasteiger charge is -2.34. The number of amides is 2. The van der Waals surface area contributed by atoms with Crippen molar-refractivity contribution in [3.05, 3.63) is 63.6 Å². The minimum absolute atomic E-state index is 0.0162. The van der Waals surface area contributed by atoms with Crippen LogP contribution in [0.5, 0.6) is 5.75 Å². The quantitative estimate of drug-likeness (QED) is 0.475. The predicted molar refractivity (Wildman–Crippen MR) is 139 cm³/mol. The maximum absolute atomic E-state index is 12.9. The van der Waals surface area contributed by atoms with E-state index in [1.54, 1.807) is 47.4 Å². The van der Waals surface area contributed by atoms with Gasteiger partial charge in [-0.1, -0.05) is 41.4 Å². The summed E-state index contributed by atoms with van der Waals surface area (Å²) in [4.78, 5) is 41.5. The largest absolute Gasteiger partial charge is 0.489 e. The van der Waals surface area contributed by atoms with E-state index in [0.29, 0.717) is 40.0 Å². The summed E-state index contributed by atoms with van der Waals surface area (Å²) in [6, 6.07) is 10.8. The predicted octanol–water partition coefficient (Wildman–Crippen LogP) is 2.20. The molecule has 2 aromatic carbocycles. The van der Waals surface area contributed by atoms with E-state index < -0.39 is 30.1 Å². The molecule has 0 spiro atoms. The molecule has 3 atom stereocenters. The summed E-state index contributed by atoms with van der Waals surface area (Å²) in [5.74, 6) is -1.72. The van der Waals surface area contributed by atoms with Gasteiger partial charge in [0.2, 0.25) is 0 Å². The molecule has 0 aromatic heterocycles. The summed E-state index contributed by atoms with van der Waals surface area (Å²) in [7, 11) is 1.97. The first-order valence-electron chi connectivity index (χ1n) is 12.1. The van der Waals surface area contributed by atoms with Crippen molar-refractivity contribution in [2.45, 2.75) is 31.3 Å². The number of carboxylic acid groups (broad SMARTS) is 1. The van der Waals surface area contributed by atoms with Gasteiger partial charge in [0, 0.05) is 48.2 Å². The molecule has 4 rings (SSSR count). The molecule has 0 bridgehead atoms. The van der Waals surface area contributed by atoms with Gasteiger partial charge in [-0.3, -0.25) is 9.59 Å². The highest BCUT2D eigenvalue weighted by Crippen LogP contribution is 2.26. The Morgan fingerprint density at radius 1 is 1.03 bits per heavy atom. The standard InChI is InChI=1S/C26H29Cl2N3O7/c1-30-9-11-31(12-10-30)25(33)23-22(37-15-38-23)24(32)29-21(26(34)35)13-16-5-7-17(8-6-16)36-14-18-19(27)3-2-4-20(18)28/h2-8,21-23H,9-15H2,1H3,(H,29,32)(H,34,35). The smallest absolute Gasteiger partial charge is 0.326 e. The number of rotatable bonds is 9. The number of likely N-dealkylation sites (N-methyl/N-ethyl adjacent to an activating group) is 1. The zero-order valence-corrected chi connectivity index (χ0v) is 22.3. The second kappa shape index (κ2) is 12.8. The van der Waals surface area contributed by atoms with Crippen molar-refractivity contribution in [3.63, 3.8) is 0 Å². The SMILES string of the molecule is CN1CCN(C(=O)C2OCOC2C(=O)NC(Cc2ccc(OCc3c(Cl)cccc3Cl)cc2)C(=O)O)CC1. The van der Waals surface area contributed by atoms with Crippen LogP contribution in [-0.2, 0) is 36.9 Å². The fraction of sp³-hybridized carbons (Fsp3) is 0.423. The van der Waals surface area contributed by atoms with Gasteiger partial charge < -0.3 is 34.4 Å². The minimum Gasteiger partial charge on any atom is -0.489 e. The maximum Gasteiger partial charge on any atom is 0.326 e. The summed E-state index contributed by atoms with van der Waals surface area (Å²) in [6.07, 6.45) is -2.32. The molecular formula is C26H29Cl2N3O7. The number of hydrogen-bond acceptors (Lipinski definition) is 7. The fourth-order valence-electron chi connectivity index (χ4n) is 4.22. The van der Waals surface area contributed by atoms with Crippen LogP contribution in [0.1, 0.15) is 11.1 Å². The Hall–Kier alpha value is -2.89. The highest BCUT2D eigenvalue weighted by molar-refractivity contribution is 6.35. The van der Waals surface area contributed by atoms with Crippen molar-refractivity contribution >= 4 is 41.0 Å². The zero-order chi connectivity index (χ0) is 27.2. The topological polar surface area (TPSA) is 118 Å². The van der Waals surface area contributed by atoms with Crippen LogP contribution in [0.4, 0.5) is 0 Å². The lowest BCUT2D eigenvalue weighted by Crippen LogP contribution is -2.55. The monoisotopic (exact) mass is 565 g/mol. The van der Waals surface area contributed by atoms with E-state index in [9.17, 15) is 19.5 Å². The molecule has 2 N–H and O–H groups in total. The van der Waals surface area contributed by atoms with E-state index in [1.807, 2.05) is 7.05 Å². The number of piperazine rings is 1. The summed E-state index contributed by atoms with van der Waals surface area (Å²) in [5, 5.41) is 13.2. The molecule has 0 saturated carbocycles. The molecule has 2 heterocycles. The molecule has 2 aliphatic heterocycles. The number of nitrogens with one attached hydrogen (secondary N) is 1. The van der Waals surface area contributed by atoms with Gasteiger partial charge in [0.05, 0.1) is 0 Å². The lowest BCUT2D eigenvalue weighted by molar-refractivity contribution is -0.147. The maximum atomic E-state index is 12.9. The second-order valence-corrected chi connectivity index (χ2v) is 9.97. The number of carbonyl (C=O) groups excluding carboxylic acids is 2. The Kier molecular flexibility index (Phi) is 9.45. The van der Waals surface area contributed by atoms with Gasteiger partial charge in [0.1, 0.15) is 25.2 Å². The van der Waals surface area contributed by atoms with Gasteiger partial charge in [0.25, 0.3) is 11.8 Å². The molecule has 3 unspecified atom stereocenters. The molecule has 2 saturated heterocycles. The van der Waals surface area contributed by atoms with Crippen LogP contribution in [0.3, 0.4) is 0 Å². The average molecular weight is 566 g/mol. The number of hydrogen-bond donors (Lipinski definition) is 2. The first kappa shape index (κ1) is 28.1. The normalized spacial score (nSPS) is 20.7. The Labute approximate surface area is 230 Å². The molecule has 2 aliphatic rings. The zero-order valence-electron chi connectivity index (χ0n) is 20.8. The third-order valence-corrected chi connectivity index (χ3v) is 7.22. The van der Waals surface area contributed by atoms with E-state index in [1.165, 1.54) is 0 Å². The van der Waals surface area contributed by atoms with Crippen molar-refractivity contribution in [1.29, 1.82) is 0 Å². The Morgan fingerprint density at radius 2 is 1.66 bits per heavy atom. The van der Waals surface area contributed by atoms with Crippen molar-refractivity contribution in [2.75, 3.05) is 40.0 Å². The van der Waals surface area contributed by atoms with E-state index in [2.05, 4.69) is 10.2 Å². The van der Waals surface area contributed by atoms with Crippen LogP contribution >= 0.6 is 23.2 Å². The summed E-state index contributed by atoms with van der Waals surface area (Å²) in [5.41, 5.74) is 1.32. The highest BCUT2D eigenvalue weighted by Gasteiger charge is 2.43. The van der Waals surface area contributed by atoms with E-state index in [4.69, 9.17) is 37.4 Å². The molecule has 38 heavy (non-hydrogen) atoms. The number of benzene rings is 2. The molecular weight excluding hydrogens is 537 g/mol. The molecule has 204 valence electrons. The van der Waals surface area contributed by atoms with Crippen molar-refractivity contribution in [3.8, 4) is 5.75 Å². The van der Waals surface area contributed by atoms with Gasteiger partial charge in [-0.25, -0.2) is 4.79 Å². The van der Waals surface area contributed by atoms with Crippen LogP contribution < -0.4 is 10.1 Å². The molecule has 0 aliphatic carbocycles. The van der Waals surface area contributed by atoms with Gasteiger partial charge >= 0.3 is 5.97 Å². The highest BCUT2D eigenvalue weighted by atomic mass is 35.5. The summed E-state index contributed by atoms with van der Waals surface area (Å²) < 4.78 is 16.5.